The molecule has 4 rings (SSSR count). The van der Waals surface area contributed by atoms with Crippen LogP contribution in [0.4, 0.5) is 5.82 Å². The summed E-state index contributed by atoms with van der Waals surface area (Å²) in [5.74, 6) is 3.03. The quantitative estimate of drug-likeness (QED) is 0.822. The van der Waals surface area contributed by atoms with Crippen molar-refractivity contribution < 1.29 is 0 Å². The Morgan fingerprint density at radius 1 is 1.26 bits per heavy atom. The lowest BCUT2D eigenvalue weighted by atomic mass is 10.2. The Balaban J connectivity index is 1.88. The summed E-state index contributed by atoms with van der Waals surface area (Å²) in [5, 5.41) is 11.5. The minimum Gasteiger partial charge on any atom is -0.353 e. The third-order valence-electron chi connectivity index (χ3n) is 3.71. The molecule has 19 heavy (non-hydrogen) atoms. The zero-order valence-electron chi connectivity index (χ0n) is 10.7. The van der Waals surface area contributed by atoms with Crippen molar-refractivity contribution in [3.05, 3.63) is 12.0 Å². The molecule has 2 aliphatic rings. The van der Waals surface area contributed by atoms with E-state index in [9.17, 15) is 0 Å². The topological polar surface area (TPSA) is 58.4 Å². The molecule has 1 fully saturated rings. The largest absolute Gasteiger partial charge is 0.353 e. The van der Waals surface area contributed by atoms with Gasteiger partial charge < -0.3 is 10.2 Å². The lowest BCUT2D eigenvalue weighted by molar-refractivity contribution is 0.580. The molecule has 1 N–H and O–H groups in total. The summed E-state index contributed by atoms with van der Waals surface area (Å²) in [6.45, 7) is 4.09. The highest BCUT2D eigenvalue weighted by molar-refractivity contribution is 7.99. The van der Waals surface area contributed by atoms with Crippen LogP contribution in [0, 0.1) is 0 Å². The fourth-order valence-corrected chi connectivity index (χ4v) is 3.93. The Bertz CT molecular complexity index is 604. The van der Waals surface area contributed by atoms with E-state index in [1.54, 1.807) is 6.33 Å². The number of fused-ring (bicyclic) bond motifs is 3. The number of hydrogen-bond acceptors (Lipinski definition) is 6. The summed E-state index contributed by atoms with van der Waals surface area (Å²) in [6, 6.07) is 0. The van der Waals surface area contributed by atoms with Crippen molar-refractivity contribution in [2.45, 2.75) is 17.7 Å². The smallest absolute Gasteiger partial charge is 0.257 e. The second kappa shape index (κ2) is 4.64. The molecule has 2 aliphatic heterocycles. The highest BCUT2D eigenvalue weighted by Gasteiger charge is 2.24. The molecule has 100 valence electrons. The highest BCUT2D eigenvalue weighted by Crippen LogP contribution is 2.37. The van der Waals surface area contributed by atoms with Gasteiger partial charge in [0.05, 0.1) is 4.90 Å². The number of hydrogen-bond donors (Lipinski definition) is 1. The summed E-state index contributed by atoms with van der Waals surface area (Å²) >= 11 is 1.93. The molecule has 0 bridgehead atoms. The van der Waals surface area contributed by atoms with Crippen LogP contribution in [0.1, 0.15) is 12.1 Å². The predicted molar refractivity (Wildman–Crippen MR) is 74.9 cm³/mol. The van der Waals surface area contributed by atoms with Gasteiger partial charge in [-0.3, -0.25) is 4.40 Å². The number of thioether (sulfide) groups is 1. The molecule has 7 heteroatoms. The molecular weight excluding hydrogens is 260 g/mol. The molecule has 0 spiro atoms. The van der Waals surface area contributed by atoms with E-state index in [0.29, 0.717) is 0 Å². The monoisotopic (exact) mass is 276 g/mol. The molecule has 1 saturated heterocycles. The molecule has 2 aromatic rings. The van der Waals surface area contributed by atoms with Gasteiger partial charge in [0, 0.05) is 31.9 Å². The van der Waals surface area contributed by atoms with Crippen molar-refractivity contribution in [2.24, 2.45) is 0 Å². The van der Waals surface area contributed by atoms with Crippen LogP contribution in [0.3, 0.4) is 0 Å². The van der Waals surface area contributed by atoms with Gasteiger partial charge in [-0.25, -0.2) is 0 Å². The van der Waals surface area contributed by atoms with Gasteiger partial charge in [-0.2, -0.15) is 4.98 Å². The summed E-state index contributed by atoms with van der Waals surface area (Å²) in [4.78, 5) is 8.45. The van der Waals surface area contributed by atoms with Crippen molar-refractivity contribution in [1.82, 2.24) is 24.9 Å². The van der Waals surface area contributed by atoms with E-state index >= 15 is 0 Å². The summed E-state index contributed by atoms with van der Waals surface area (Å²) < 4.78 is 2.05. The predicted octanol–water partition coefficient (Wildman–Crippen LogP) is 0.572. The van der Waals surface area contributed by atoms with Crippen molar-refractivity contribution in [3.8, 4) is 0 Å². The molecule has 2 aromatic heterocycles. The van der Waals surface area contributed by atoms with E-state index in [2.05, 4.69) is 20.4 Å². The van der Waals surface area contributed by atoms with Crippen molar-refractivity contribution in [2.75, 3.05) is 36.8 Å². The van der Waals surface area contributed by atoms with Gasteiger partial charge in [-0.05, 0) is 18.6 Å². The SMILES string of the molecule is c1nnc2nc(N3CCNCC3)c3c(n12)CCCS3. The van der Waals surface area contributed by atoms with E-state index in [-0.39, 0.29) is 0 Å². The molecule has 0 saturated carbocycles. The van der Waals surface area contributed by atoms with Gasteiger partial charge in [0.15, 0.2) is 0 Å². The average molecular weight is 276 g/mol. The normalized spacial score (nSPS) is 19.7. The van der Waals surface area contributed by atoms with Crippen LogP contribution in [0.5, 0.6) is 0 Å². The Hall–Kier alpha value is -1.34. The first-order valence-electron chi connectivity index (χ1n) is 6.74. The van der Waals surface area contributed by atoms with Crippen LogP contribution < -0.4 is 10.2 Å². The third-order valence-corrected chi connectivity index (χ3v) is 4.91. The number of piperazine rings is 1. The maximum Gasteiger partial charge on any atom is 0.257 e. The third kappa shape index (κ3) is 1.88. The molecular formula is C12H16N6S. The second-order valence-corrected chi connectivity index (χ2v) is 6.01. The zero-order chi connectivity index (χ0) is 12.7. The van der Waals surface area contributed by atoms with Crippen LogP contribution in [0.2, 0.25) is 0 Å². The van der Waals surface area contributed by atoms with Crippen LogP contribution in [0.15, 0.2) is 11.2 Å². The van der Waals surface area contributed by atoms with E-state index in [0.717, 1.165) is 44.2 Å². The second-order valence-electron chi connectivity index (χ2n) is 4.90. The Kier molecular flexibility index (Phi) is 2.81. The number of anilines is 1. The molecule has 0 radical (unpaired) electrons. The van der Waals surface area contributed by atoms with Crippen molar-refractivity contribution in [3.63, 3.8) is 0 Å². The highest BCUT2D eigenvalue weighted by atomic mass is 32.2. The number of aryl methyl sites for hydroxylation is 1. The molecule has 6 nitrogen and oxygen atoms in total. The van der Waals surface area contributed by atoms with Crippen LogP contribution in [0.25, 0.3) is 5.78 Å². The van der Waals surface area contributed by atoms with Gasteiger partial charge >= 0.3 is 0 Å². The lowest BCUT2D eigenvalue weighted by Gasteiger charge is -2.31. The molecule has 0 aliphatic carbocycles. The van der Waals surface area contributed by atoms with E-state index in [4.69, 9.17) is 4.98 Å². The minimum atomic E-state index is 0.731. The van der Waals surface area contributed by atoms with E-state index in [1.807, 2.05) is 16.2 Å². The first-order chi connectivity index (χ1) is 9.43. The Morgan fingerprint density at radius 2 is 2.16 bits per heavy atom. The standard InChI is InChI=1S/C12H16N6S/c1-2-9-10(19-7-1)11(17-5-3-13-4-6-17)15-12-16-14-8-18(9)12/h8,13H,1-7H2. The van der Waals surface area contributed by atoms with Crippen molar-refractivity contribution in [1.29, 1.82) is 0 Å². The van der Waals surface area contributed by atoms with Crippen LogP contribution >= 0.6 is 11.8 Å². The number of rotatable bonds is 1. The Morgan fingerprint density at radius 3 is 3.05 bits per heavy atom. The summed E-state index contributed by atoms with van der Waals surface area (Å²) in [6.07, 6.45) is 4.10. The summed E-state index contributed by atoms with van der Waals surface area (Å²) in [7, 11) is 0. The molecule has 0 amide bonds. The number of nitrogens with one attached hydrogen (secondary N) is 1. The maximum atomic E-state index is 4.74. The molecule has 0 atom stereocenters. The lowest BCUT2D eigenvalue weighted by Crippen LogP contribution is -2.44. The fourth-order valence-electron chi connectivity index (χ4n) is 2.77. The molecule has 0 unspecified atom stereocenters. The zero-order valence-corrected chi connectivity index (χ0v) is 11.5. The average Bonchev–Trinajstić information content (AvgIpc) is 2.96. The van der Waals surface area contributed by atoms with Gasteiger partial charge in [0.1, 0.15) is 12.1 Å². The number of nitrogens with zero attached hydrogens (tertiary/aromatic N) is 5. The van der Waals surface area contributed by atoms with Crippen LogP contribution in [-0.2, 0) is 6.42 Å². The van der Waals surface area contributed by atoms with Crippen molar-refractivity contribution >= 4 is 23.4 Å². The van der Waals surface area contributed by atoms with Gasteiger partial charge in [0.2, 0.25) is 0 Å². The van der Waals surface area contributed by atoms with Crippen LogP contribution in [-0.4, -0.2) is 51.5 Å². The van der Waals surface area contributed by atoms with Gasteiger partial charge in [0.25, 0.3) is 5.78 Å². The van der Waals surface area contributed by atoms with E-state index in [1.165, 1.54) is 22.8 Å². The summed E-state index contributed by atoms with van der Waals surface area (Å²) in [5.41, 5.74) is 1.33. The first kappa shape index (κ1) is 11.5. The fraction of sp³-hybridized carbons (Fsp3) is 0.583. The molecule has 4 heterocycles. The van der Waals surface area contributed by atoms with E-state index < -0.39 is 0 Å². The minimum absolute atomic E-state index is 0.731. The Labute approximate surface area is 115 Å². The first-order valence-corrected chi connectivity index (χ1v) is 7.73. The van der Waals surface area contributed by atoms with Gasteiger partial charge in [-0.15, -0.1) is 22.0 Å². The number of aromatic nitrogens is 4. The molecule has 0 aromatic carbocycles. The van der Waals surface area contributed by atoms with Gasteiger partial charge in [-0.1, -0.05) is 0 Å². The maximum absolute atomic E-state index is 4.74.